The Morgan fingerprint density at radius 3 is 2.94 bits per heavy atom. The molecule has 0 aromatic carbocycles. The molecule has 1 atom stereocenters. The Morgan fingerprint density at radius 1 is 1.59 bits per heavy atom. The number of rotatable bonds is 4. The minimum absolute atomic E-state index is 0.244. The number of hydrogen-bond donors (Lipinski definition) is 0. The molecule has 1 fully saturated rings. The van der Waals surface area contributed by atoms with Crippen molar-refractivity contribution in [1.82, 2.24) is 9.78 Å². The summed E-state index contributed by atoms with van der Waals surface area (Å²) in [5, 5.41) is 5.63. The van der Waals surface area contributed by atoms with Gasteiger partial charge in [-0.1, -0.05) is 15.9 Å². The van der Waals surface area contributed by atoms with Gasteiger partial charge < -0.3 is 4.74 Å². The van der Waals surface area contributed by atoms with Gasteiger partial charge in [0.15, 0.2) is 0 Å². The van der Waals surface area contributed by atoms with Gasteiger partial charge in [0.25, 0.3) is 0 Å². The van der Waals surface area contributed by atoms with E-state index in [1.165, 1.54) is 12.1 Å². The summed E-state index contributed by atoms with van der Waals surface area (Å²) in [4.78, 5) is 0. The highest BCUT2D eigenvalue weighted by Crippen LogP contribution is 2.34. The molecule has 0 saturated carbocycles. The Kier molecular flexibility index (Phi) is 4.26. The SMILES string of the molecule is CC(C)n1ccc(CC2(CBr)CCCOC2)n1. The fraction of sp³-hybridized carbons (Fsp3) is 0.769. The van der Waals surface area contributed by atoms with Crippen molar-refractivity contribution in [1.29, 1.82) is 0 Å². The van der Waals surface area contributed by atoms with Crippen LogP contribution >= 0.6 is 15.9 Å². The zero-order valence-corrected chi connectivity index (χ0v) is 12.2. The summed E-state index contributed by atoms with van der Waals surface area (Å²) in [6.07, 6.45) is 5.48. The molecule has 2 heterocycles. The molecule has 0 bridgehead atoms. The zero-order chi connectivity index (χ0) is 12.3. The van der Waals surface area contributed by atoms with Crippen LogP contribution in [0.2, 0.25) is 0 Å². The van der Waals surface area contributed by atoms with Crippen molar-refractivity contribution >= 4 is 15.9 Å². The van der Waals surface area contributed by atoms with Crippen LogP contribution in [0.5, 0.6) is 0 Å². The summed E-state index contributed by atoms with van der Waals surface area (Å²) in [6, 6.07) is 2.57. The van der Waals surface area contributed by atoms with E-state index in [1.807, 2.05) is 4.68 Å². The van der Waals surface area contributed by atoms with E-state index in [0.29, 0.717) is 6.04 Å². The highest BCUT2D eigenvalue weighted by molar-refractivity contribution is 9.09. The first-order chi connectivity index (χ1) is 8.15. The number of aromatic nitrogens is 2. The molecule has 0 spiro atoms. The van der Waals surface area contributed by atoms with Crippen LogP contribution in [0.3, 0.4) is 0 Å². The van der Waals surface area contributed by atoms with Crippen LogP contribution in [0.15, 0.2) is 12.3 Å². The fourth-order valence-corrected chi connectivity index (χ4v) is 2.99. The summed E-state index contributed by atoms with van der Waals surface area (Å²) in [5.41, 5.74) is 1.43. The standard InChI is InChI=1S/C13H21BrN2O/c1-11(2)16-6-4-12(15-16)8-13(9-14)5-3-7-17-10-13/h4,6,11H,3,5,7-10H2,1-2H3. The largest absolute Gasteiger partial charge is 0.381 e. The quantitative estimate of drug-likeness (QED) is 0.799. The predicted molar refractivity (Wildman–Crippen MR) is 72.6 cm³/mol. The second-order valence-corrected chi connectivity index (χ2v) is 5.91. The molecule has 0 N–H and O–H groups in total. The van der Waals surface area contributed by atoms with Crippen molar-refractivity contribution in [3.8, 4) is 0 Å². The summed E-state index contributed by atoms with van der Waals surface area (Å²) < 4.78 is 7.67. The molecule has 0 aliphatic carbocycles. The number of halogens is 1. The third-order valence-corrected chi connectivity index (χ3v) is 4.63. The minimum Gasteiger partial charge on any atom is -0.381 e. The summed E-state index contributed by atoms with van der Waals surface area (Å²) >= 11 is 3.65. The van der Waals surface area contributed by atoms with Gasteiger partial charge in [-0.25, -0.2) is 0 Å². The van der Waals surface area contributed by atoms with Crippen LogP contribution in [-0.2, 0) is 11.2 Å². The molecule has 0 radical (unpaired) electrons. The van der Waals surface area contributed by atoms with Crippen LogP contribution in [-0.4, -0.2) is 28.3 Å². The van der Waals surface area contributed by atoms with Crippen LogP contribution in [0.1, 0.15) is 38.4 Å². The second-order valence-electron chi connectivity index (χ2n) is 5.35. The Bertz CT molecular complexity index is 356. The Hall–Kier alpha value is -0.350. The van der Waals surface area contributed by atoms with E-state index in [2.05, 4.69) is 47.1 Å². The van der Waals surface area contributed by atoms with Crippen molar-refractivity contribution < 1.29 is 4.74 Å². The van der Waals surface area contributed by atoms with Gasteiger partial charge in [-0.05, 0) is 32.8 Å². The lowest BCUT2D eigenvalue weighted by atomic mass is 9.80. The van der Waals surface area contributed by atoms with Gasteiger partial charge in [0.2, 0.25) is 0 Å². The van der Waals surface area contributed by atoms with Crippen molar-refractivity contribution in [2.24, 2.45) is 5.41 Å². The second kappa shape index (κ2) is 5.53. The molecule has 3 nitrogen and oxygen atoms in total. The Labute approximate surface area is 112 Å². The average molecular weight is 301 g/mol. The van der Waals surface area contributed by atoms with E-state index in [-0.39, 0.29) is 5.41 Å². The minimum atomic E-state index is 0.244. The van der Waals surface area contributed by atoms with E-state index in [9.17, 15) is 0 Å². The monoisotopic (exact) mass is 300 g/mol. The van der Waals surface area contributed by atoms with Crippen LogP contribution < -0.4 is 0 Å². The molecule has 1 saturated heterocycles. The van der Waals surface area contributed by atoms with Gasteiger partial charge in [-0.2, -0.15) is 5.10 Å². The first-order valence-corrected chi connectivity index (χ1v) is 7.45. The van der Waals surface area contributed by atoms with E-state index in [0.717, 1.165) is 31.4 Å². The first kappa shape index (κ1) is 13.1. The van der Waals surface area contributed by atoms with Gasteiger partial charge in [-0.3, -0.25) is 4.68 Å². The van der Waals surface area contributed by atoms with Crippen molar-refractivity contribution in [3.05, 3.63) is 18.0 Å². The van der Waals surface area contributed by atoms with Crippen molar-refractivity contribution in [3.63, 3.8) is 0 Å². The maximum absolute atomic E-state index is 5.64. The van der Waals surface area contributed by atoms with E-state index < -0.39 is 0 Å². The molecule has 1 aromatic rings. The molecule has 1 aliphatic rings. The molecule has 1 unspecified atom stereocenters. The number of nitrogens with zero attached hydrogens (tertiary/aromatic N) is 2. The topological polar surface area (TPSA) is 27.1 Å². The van der Waals surface area contributed by atoms with E-state index >= 15 is 0 Å². The van der Waals surface area contributed by atoms with Crippen LogP contribution in [0.4, 0.5) is 0 Å². The highest BCUT2D eigenvalue weighted by Gasteiger charge is 2.32. The number of hydrogen-bond acceptors (Lipinski definition) is 2. The van der Waals surface area contributed by atoms with Gasteiger partial charge in [-0.15, -0.1) is 0 Å². The van der Waals surface area contributed by atoms with Crippen LogP contribution in [0.25, 0.3) is 0 Å². The smallest absolute Gasteiger partial charge is 0.0631 e. The van der Waals surface area contributed by atoms with Gasteiger partial charge in [0, 0.05) is 36.0 Å². The fourth-order valence-electron chi connectivity index (χ4n) is 2.35. The molecule has 4 heteroatoms. The predicted octanol–water partition coefficient (Wildman–Crippen LogP) is 3.20. The lowest BCUT2D eigenvalue weighted by molar-refractivity contribution is 0.00560. The van der Waals surface area contributed by atoms with Gasteiger partial charge >= 0.3 is 0 Å². The van der Waals surface area contributed by atoms with Crippen molar-refractivity contribution in [2.75, 3.05) is 18.5 Å². The molecule has 0 amide bonds. The third kappa shape index (κ3) is 3.10. The van der Waals surface area contributed by atoms with Gasteiger partial charge in [0.05, 0.1) is 12.3 Å². The first-order valence-electron chi connectivity index (χ1n) is 6.33. The van der Waals surface area contributed by atoms with Crippen molar-refractivity contribution in [2.45, 2.75) is 39.2 Å². The Balaban J connectivity index is 2.06. The lowest BCUT2D eigenvalue weighted by Gasteiger charge is -2.35. The van der Waals surface area contributed by atoms with Crippen LogP contribution in [0, 0.1) is 5.41 Å². The maximum Gasteiger partial charge on any atom is 0.0631 e. The summed E-state index contributed by atoms with van der Waals surface area (Å²) in [6.45, 7) is 6.07. The molecule has 96 valence electrons. The molecule has 2 rings (SSSR count). The van der Waals surface area contributed by atoms with Gasteiger partial charge in [0.1, 0.15) is 0 Å². The Morgan fingerprint density at radius 2 is 2.41 bits per heavy atom. The molecular formula is C13H21BrN2O. The molecule has 17 heavy (non-hydrogen) atoms. The molecule has 1 aliphatic heterocycles. The highest BCUT2D eigenvalue weighted by atomic mass is 79.9. The molecule has 1 aromatic heterocycles. The van der Waals surface area contributed by atoms with E-state index in [1.54, 1.807) is 0 Å². The normalized spacial score (nSPS) is 25.4. The number of ether oxygens (including phenoxy) is 1. The lowest BCUT2D eigenvalue weighted by Crippen LogP contribution is -2.35. The summed E-state index contributed by atoms with van der Waals surface area (Å²) in [5.74, 6) is 0. The molecular weight excluding hydrogens is 280 g/mol. The zero-order valence-electron chi connectivity index (χ0n) is 10.7. The average Bonchev–Trinajstić information content (AvgIpc) is 2.79. The van der Waals surface area contributed by atoms with E-state index in [4.69, 9.17) is 4.74 Å². The maximum atomic E-state index is 5.64. The number of alkyl halides is 1. The summed E-state index contributed by atoms with van der Waals surface area (Å²) in [7, 11) is 0. The third-order valence-electron chi connectivity index (χ3n) is 3.44.